The number of nitrogens with one attached hydrogen (secondary N) is 1. The van der Waals surface area contributed by atoms with E-state index in [1.807, 2.05) is 19.9 Å². The zero-order valence-electron chi connectivity index (χ0n) is 12.1. The maximum atomic E-state index is 12.5. The molecule has 0 aliphatic heterocycles. The monoisotopic (exact) mass is 308 g/mol. The quantitative estimate of drug-likeness (QED) is 0.882. The molecule has 1 aromatic heterocycles. The van der Waals surface area contributed by atoms with Crippen molar-refractivity contribution in [3.63, 3.8) is 0 Å². The fourth-order valence-electron chi connectivity index (χ4n) is 2.21. The third-order valence-electron chi connectivity index (χ3n) is 3.15. The van der Waals surface area contributed by atoms with Crippen LogP contribution in [0.25, 0.3) is 5.69 Å². The lowest BCUT2D eigenvalue weighted by molar-refractivity contribution is 0.185. The molecule has 0 spiro atoms. The van der Waals surface area contributed by atoms with Crippen LogP contribution in [0.4, 0.5) is 0 Å². The molecule has 1 N–H and O–H groups in total. The van der Waals surface area contributed by atoms with E-state index in [1.54, 1.807) is 25.3 Å². The Morgan fingerprint density at radius 1 is 1.33 bits per heavy atom. The highest BCUT2D eigenvalue weighted by Gasteiger charge is 2.16. The zero-order valence-corrected chi connectivity index (χ0v) is 12.9. The van der Waals surface area contributed by atoms with Crippen LogP contribution in [0.5, 0.6) is 0 Å². The topological polar surface area (TPSA) is 64.1 Å². The SMILES string of the molecule is COCc1cccc(-n2c(=O)[nH]c(Cl)c(C(C)C)c2=O)c1. The fourth-order valence-corrected chi connectivity index (χ4v) is 2.59. The van der Waals surface area contributed by atoms with Gasteiger partial charge in [0.15, 0.2) is 0 Å². The summed E-state index contributed by atoms with van der Waals surface area (Å²) in [6.07, 6.45) is 0. The van der Waals surface area contributed by atoms with Crippen LogP contribution in [0.2, 0.25) is 5.15 Å². The van der Waals surface area contributed by atoms with Gasteiger partial charge in [0, 0.05) is 7.11 Å². The van der Waals surface area contributed by atoms with Gasteiger partial charge in [-0.1, -0.05) is 37.6 Å². The van der Waals surface area contributed by atoms with Crippen LogP contribution in [0.3, 0.4) is 0 Å². The molecule has 0 bridgehead atoms. The zero-order chi connectivity index (χ0) is 15.6. The third kappa shape index (κ3) is 3.09. The van der Waals surface area contributed by atoms with Crippen molar-refractivity contribution in [1.29, 1.82) is 0 Å². The molecule has 0 radical (unpaired) electrons. The van der Waals surface area contributed by atoms with E-state index < -0.39 is 11.2 Å². The number of H-pyrrole nitrogens is 1. The number of methoxy groups -OCH3 is 1. The summed E-state index contributed by atoms with van der Waals surface area (Å²) in [6, 6.07) is 7.09. The highest BCUT2D eigenvalue weighted by molar-refractivity contribution is 6.30. The summed E-state index contributed by atoms with van der Waals surface area (Å²) in [4.78, 5) is 27.2. The Hall–Kier alpha value is -1.85. The van der Waals surface area contributed by atoms with Crippen LogP contribution < -0.4 is 11.2 Å². The van der Waals surface area contributed by atoms with Crippen molar-refractivity contribution in [2.75, 3.05) is 7.11 Å². The standard InChI is InChI=1S/C15H17ClN2O3/c1-9(2)12-13(16)17-15(20)18(14(12)19)11-6-4-5-10(7-11)8-21-3/h4-7,9H,8H2,1-3H3,(H,17,20). The van der Waals surface area contributed by atoms with Crippen molar-refractivity contribution in [3.05, 3.63) is 61.4 Å². The largest absolute Gasteiger partial charge is 0.380 e. The second-order valence-electron chi connectivity index (χ2n) is 5.06. The van der Waals surface area contributed by atoms with Crippen LogP contribution in [0, 0.1) is 0 Å². The van der Waals surface area contributed by atoms with Gasteiger partial charge < -0.3 is 4.74 Å². The number of ether oxygens (including phenoxy) is 1. The maximum absolute atomic E-state index is 12.5. The van der Waals surface area contributed by atoms with E-state index >= 15 is 0 Å². The second-order valence-corrected chi connectivity index (χ2v) is 5.43. The van der Waals surface area contributed by atoms with E-state index in [4.69, 9.17) is 16.3 Å². The number of rotatable bonds is 4. The molecular formula is C15H17ClN2O3. The molecule has 1 heterocycles. The van der Waals surface area contributed by atoms with Gasteiger partial charge >= 0.3 is 5.69 Å². The molecule has 2 rings (SSSR count). The number of halogens is 1. The Balaban J connectivity index is 2.70. The summed E-state index contributed by atoms with van der Waals surface area (Å²) in [5.74, 6) is -0.0877. The van der Waals surface area contributed by atoms with Crippen LogP contribution in [0.15, 0.2) is 33.9 Å². The Bertz CT molecular complexity index is 762. The van der Waals surface area contributed by atoms with Gasteiger partial charge in [-0.2, -0.15) is 0 Å². The van der Waals surface area contributed by atoms with Crippen molar-refractivity contribution in [2.24, 2.45) is 0 Å². The lowest BCUT2D eigenvalue weighted by Gasteiger charge is -2.12. The van der Waals surface area contributed by atoms with Crippen molar-refractivity contribution >= 4 is 11.6 Å². The fraction of sp³-hybridized carbons (Fsp3) is 0.333. The number of aromatic amines is 1. The van der Waals surface area contributed by atoms with Gasteiger partial charge in [0.25, 0.3) is 5.56 Å². The van der Waals surface area contributed by atoms with Gasteiger partial charge in [-0.3, -0.25) is 9.78 Å². The third-order valence-corrected chi connectivity index (χ3v) is 3.44. The molecule has 0 aliphatic rings. The lowest BCUT2D eigenvalue weighted by atomic mass is 10.1. The molecule has 0 aliphatic carbocycles. The first-order valence-corrected chi connectivity index (χ1v) is 6.96. The summed E-state index contributed by atoms with van der Waals surface area (Å²) in [5, 5.41) is 0.101. The number of hydrogen-bond acceptors (Lipinski definition) is 3. The van der Waals surface area contributed by atoms with E-state index in [0.29, 0.717) is 17.9 Å². The number of benzene rings is 1. The van der Waals surface area contributed by atoms with E-state index in [2.05, 4.69) is 4.98 Å². The van der Waals surface area contributed by atoms with Crippen molar-refractivity contribution < 1.29 is 4.74 Å². The minimum atomic E-state index is -0.552. The molecule has 21 heavy (non-hydrogen) atoms. The number of nitrogens with zero attached hydrogens (tertiary/aromatic N) is 1. The number of aromatic nitrogens is 2. The van der Waals surface area contributed by atoms with Crippen molar-refractivity contribution in [2.45, 2.75) is 26.4 Å². The molecule has 6 heteroatoms. The molecule has 5 nitrogen and oxygen atoms in total. The average Bonchev–Trinajstić information content (AvgIpc) is 2.38. The molecule has 2 aromatic rings. The van der Waals surface area contributed by atoms with Gasteiger partial charge in [-0.15, -0.1) is 0 Å². The summed E-state index contributed by atoms with van der Waals surface area (Å²) < 4.78 is 6.16. The maximum Gasteiger partial charge on any atom is 0.334 e. The minimum absolute atomic E-state index is 0.0877. The Kier molecular flexibility index (Phi) is 4.65. The summed E-state index contributed by atoms with van der Waals surface area (Å²) in [6.45, 7) is 4.12. The van der Waals surface area contributed by atoms with Gasteiger partial charge in [0.1, 0.15) is 5.15 Å². The summed E-state index contributed by atoms with van der Waals surface area (Å²) in [5.41, 5.74) is 0.822. The molecule has 1 aromatic carbocycles. The van der Waals surface area contributed by atoms with Crippen LogP contribution in [-0.2, 0) is 11.3 Å². The second kappa shape index (κ2) is 6.28. The Morgan fingerprint density at radius 3 is 2.67 bits per heavy atom. The molecule has 0 fully saturated rings. The van der Waals surface area contributed by atoms with E-state index in [9.17, 15) is 9.59 Å². The first-order chi connectivity index (χ1) is 9.95. The molecule has 0 saturated carbocycles. The highest BCUT2D eigenvalue weighted by Crippen LogP contribution is 2.17. The smallest absolute Gasteiger partial charge is 0.334 e. The summed E-state index contributed by atoms with van der Waals surface area (Å²) >= 11 is 5.98. The van der Waals surface area contributed by atoms with E-state index in [0.717, 1.165) is 10.1 Å². The first-order valence-electron chi connectivity index (χ1n) is 6.58. The van der Waals surface area contributed by atoms with Gasteiger partial charge in [-0.05, 0) is 23.6 Å². The average molecular weight is 309 g/mol. The molecule has 112 valence electrons. The lowest BCUT2D eigenvalue weighted by Crippen LogP contribution is -2.36. The van der Waals surface area contributed by atoms with Gasteiger partial charge in [0.05, 0.1) is 17.9 Å². The molecule has 0 atom stereocenters. The summed E-state index contributed by atoms with van der Waals surface area (Å²) in [7, 11) is 1.59. The molecule has 0 amide bonds. The van der Waals surface area contributed by atoms with E-state index in [1.165, 1.54) is 0 Å². The van der Waals surface area contributed by atoms with Gasteiger partial charge in [0.2, 0.25) is 0 Å². The van der Waals surface area contributed by atoms with Crippen LogP contribution >= 0.6 is 11.6 Å². The van der Waals surface area contributed by atoms with Crippen molar-refractivity contribution in [3.8, 4) is 5.69 Å². The van der Waals surface area contributed by atoms with Crippen LogP contribution in [-0.4, -0.2) is 16.7 Å². The predicted molar refractivity (Wildman–Crippen MR) is 82.5 cm³/mol. The molecular weight excluding hydrogens is 292 g/mol. The predicted octanol–water partition coefficient (Wildman–Crippen LogP) is 2.45. The Morgan fingerprint density at radius 2 is 2.05 bits per heavy atom. The molecule has 0 unspecified atom stereocenters. The number of hydrogen-bond donors (Lipinski definition) is 1. The van der Waals surface area contributed by atoms with Gasteiger partial charge in [-0.25, -0.2) is 9.36 Å². The molecule has 0 saturated heterocycles. The van der Waals surface area contributed by atoms with E-state index in [-0.39, 0.29) is 11.1 Å². The highest BCUT2D eigenvalue weighted by atomic mass is 35.5. The minimum Gasteiger partial charge on any atom is -0.380 e. The van der Waals surface area contributed by atoms with Crippen LogP contribution in [0.1, 0.15) is 30.9 Å². The normalized spacial score (nSPS) is 11.1. The first kappa shape index (κ1) is 15.5. The van der Waals surface area contributed by atoms with Crippen molar-refractivity contribution in [1.82, 2.24) is 9.55 Å². The Labute approximate surface area is 127 Å².